The van der Waals surface area contributed by atoms with E-state index < -0.39 is 12.0 Å². The number of nitrogens with one attached hydrogen (secondary N) is 1. The lowest BCUT2D eigenvalue weighted by Crippen LogP contribution is -2.57. The van der Waals surface area contributed by atoms with Crippen molar-refractivity contribution in [2.45, 2.75) is 64.7 Å². The topological polar surface area (TPSA) is 70.6 Å². The summed E-state index contributed by atoms with van der Waals surface area (Å²) in [6, 6.07) is 4.74. The average Bonchev–Trinajstić information content (AvgIpc) is 2.89. The van der Waals surface area contributed by atoms with Crippen LogP contribution in [0.3, 0.4) is 0 Å². The van der Waals surface area contributed by atoms with Crippen molar-refractivity contribution < 1.29 is 22.7 Å². The number of carbonyl (C=O) groups excluding carboxylic acids is 1. The molecular formula is C27H36F3N5O2. The molecule has 0 saturated carbocycles. The first kappa shape index (κ1) is 27.3. The molecule has 1 aromatic heterocycles. The van der Waals surface area contributed by atoms with Crippen LogP contribution < -0.4 is 10.1 Å². The van der Waals surface area contributed by atoms with Crippen LogP contribution in [0.25, 0.3) is 0 Å². The van der Waals surface area contributed by atoms with Gasteiger partial charge >= 0.3 is 6.18 Å². The number of piperidine rings is 1. The Labute approximate surface area is 216 Å². The van der Waals surface area contributed by atoms with Crippen molar-refractivity contribution in [2.24, 2.45) is 0 Å². The van der Waals surface area contributed by atoms with Crippen LogP contribution in [-0.2, 0) is 6.18 Å². The van der Waals surface area contributed by atoms with Gasteiger partial charge in [0.2, 0.25) is 5.82 Å². The second-order valence-electron chi connectivity index (χ2n) is 9.84. The molecule has 2 fully saturated rings. The highest BCUT2D eigenvalue weighted by Gasteiger charge is 2.38. The molecule has 2 atom stereocenters. The lowest BCUT2D eigenvalue weighted by Gasteiger charge is -2.48. The van der Waals surface area contributed by atoms with E-state index >= 15 is 0 Å². The SMILES string of the molecule is CCNCCCOc1ccc([C@H]2CCCC3CN(C(=O)c4cnc(C(F)(F)F)nc4)CCN32)c(C)c1C. The fourth-order valence-electron chi connectivity index (χ4n) is 5.43. The Morgan fingerprint density at radius 1 is 1.14 bits per heavy atom. The van der Waals surface area contributed by atoms with Crippen LogP contribution in [0.2, 0.25) is 0 Å². The highest BCUT2D eigenvalue weighted by Crippen LogP contribution is 2.39. The normalized spacial score (nSPS) is 20.5. The number of hydrogen-bond acceptors (Lipinski definition) is 6. The lowest BCUT2D eigenvalue weighted by molar-refractivity contribution is -0.145. The maximum absolute atomic E-state index is 13.0. The van der Waals surface area contributed by atoms with Gasteiger partial charge in [-0.25, -0.2) is 9.97 Å². The first-order chi connectivity index (χ1) is 17.7. The van der Waals surface area contributed by atoms with E-state index in [9.17, 15) is 18.0 Å². The van der Waals surface area contributed by atoms with Gasteiger partial charge in [0, 0.05) is 44.1 Å². The van der Waals surface area contributed by atoms with E-state index in [0.29, 0.717) is 26.2 Å². The monoisotopic (exact) mass is 519 g/mol. The number of hydrogen-bond donors (Lipinski definition) is 1. The predicted molar refractivity (Wildman–Crippen MR) is 135 cm³/mol. The van der Waals surface area contributed by atoms with Crippen LogP contribution in [-0.4, -0.2) is 71.0 Å². The van der Waals surface area contributed by atoms with Gasteiger partial charge in [0.05, 0.1) is 12.2 Å². The summed E-state index contributed by atoms with van der Waals surface area (Å²) >= 11 is 0. The van der Waals surface area contributed by atoms with Crippen molar-refractivity contribution >= 4 is 5.91 Å². The van der Waals surface area contributed by atoms with Gasteiger partial charge in [0.25, 0.3) is 5.91 Å². The van der Waals surface area contributed by atoms with Gasteiger partial charge in [0.1, 0.15) is 5.75 Å². The van der Waals surface area contributed by atoms with Crippen molar-refractivity contribution in [1.29, 1.82) is 0 Å². The largest absolute Gasteiger partial charge is 0.493 e. The second kappa shape index (κ2) is 11.8. The molecule has 2 aromatic rings. The Hall–Kier alpha value is -2.72. The van der Waals surface area contributed by atoms with Gasteiger partial charge in [-0.2, -0.15) is 13.2 Å². The first-order valence-electron chi connectivity index (χ1n) is 13.1. The highest BCUT2D eigenvalue weighted by molar-refractivity contribution is 5.93. The smallest absolute Gasteiger partial charge is 0.451 e. The van der Waals surface area contributed by atoms with E-state index in [-0.39, 0.29) is 23.6 Å². The van der Waals surface area contributed by atoms with Gasteiger partial charge in [-0.05, 0) is 75.4 Å². The molecule has 0 bridgehead atoms. The van der Waals surface area contributed by atoms with E-state index in [1.807, 2.05) is 0 Å². The zero-order valence-corrected chi connectivity index (χ0v) is 21.8. The summed E-state index contributed by atoms with van der Waals surface area (Å²) in [5.41, 5.74) is 3.80. The summed E-state index contributed by atoms with van der Waals surface area (Å²) in [5, 5.41) is 3.31. The van der Waals surface area contributed by atoms with Crippen LogP contribution in [0.4, 0.5) is 13.2 Å². The number of carbonyl (C=O) groups is 1. The standard InChI is InChI=1S/C27H36F3N5O2/c1-4-31-11-6-14-37-24-10-9-22(18(2)19(24)3)23-8-5-7-21-17-34(12-13-35(21)23)25(36)20-15-32-26(33-16-20)27(28,29)30/h9-10,15-16,21,23,31H,4-8,11-14,17H2,1-3H3/t21?,23-/m1/s1. The summed E-state index contributed by atoms with van der Waals surface area (Å²) in [6.07, 6.45) is 1.37. The number of fused-ring (bicyclic) bond motifs is 1. The first-order valence-corrected chi connectivity index (χ1v) is 13.1. The number of piperazine rings is 1. The van der Waals surface area contributed by atoms with Crippen molar-refractivity contribution in [3.8, 4) is 5.75 Å². The average molecular weight is 520 g/mol. The Morgan fingerprint density at radius 2 is 1.89 bits per heavy atom. The molecule has 1 aromatic carbocycles. The molecule has 3 heterocycles. The van der Waals surface area contributed by atoms with Crippen molar-refractivity contribution in [3.63, 3.8) is 0 Å². The van der Waals surface area contributed by atoms with Gasteiger partial charge in [-0.15, -0.1) is 0 Å². The summed E-state index contributed by atoms with van der Waals surface area (Å²) < 4.78 is 44.4. The summed E-state index contributed by atoms with van der Waals surface area (Å²) in [4.78, 5) is 23.9. The maximum Gasteiger partial charge on any atom is 0.451 e. The minimum atomic E-state index is -4.63. The molecule has 1 unspecified atom stereocenters. The van der Waals surface area contributed by atoms with Gasteiger partial charge in [0.15, 0.2) is 0 Å². The molecule has 0 spiro atoms. The predicted octanol–water partition coefficient (Wildman–Crippen LogP) is 4.54. The molecular weight excluding hydrogens is 483 g/mol. The number of amides is 1. The molecule has 7 nitrogen and oxygen atoms in total. The zero-order valence-electron chi connectivity index (χ0n) is 21.8. The number of halogens is 3. The molecule has 37 heavy (non-hydrogen) atoms. The van der Waals surface area contributed by atoms with Crippen LogP contribution in [0.15, 0.2) is 24.5 Å². The molecule has 2 saturated heterocycles. The molecule has 0 radical (unpaired) electrons. The molecule has 202 valence electrons. The Morgan fingerprint density at radius 3 is 2.59 bits per heavy atom. The maximum atomic E-state index is 13.0. The quantitative estimate of drug-likeness (QED) is 0.517. The van der Waals surface area contributed by atoms with Crippen molar-refractivity contribution in [3.05, 3.63) is 52.6 Å². The van der Waals surface area contributed by atoms with Crippen LogP contribution in [0.5, 0.6) is 5.75 Å². The van der Waals surface area contributed by atoms with E-state index in [1.54, 1.807) is 4.90 Å². The lowest BCUT2D eigenvalue weighted by atomic mass is 9.86. The molecule has 2 aliphatic heterocycles. The molecule has 2 aliphatic rings. The summed E-state index contributed by atoms with van der Waals surface area (Å²) in [6.45, 7) is 10.7. The summed E-state index contributed by atoms with van der Waals surface area (Å²) in [7, 11) is 0. The highest BCUT2D eigenvalue weighted by atomic mass is 19.4. The van der Waals surface area contributed by atoms with Crippen LogP contribution >= 0.6 is 0 Å². The fraction of sp³-hybridized carbons (Fsp3) is 0.593. The number of nitrogens with zero attached hydrogens (tertiary/aromatic N) is 4. The van der Waals surface area contributed by atoms with Gasteiger partial charge in [-0.3, -0.25) is 9.69 Å². The third-order valence-corrected chi connectivity index (χ3v) is 7.53. The third-order valence-electron chi connectivity index (χ3n) is 7.53. The van der Waals surface area contributed by atoms with Gasteiger partial charge in [-0.1, -0.05) is 13.0 Å². The zero-order chi connectivity index (χ0) is 26.6. The Balaban J connectivity index is 1.41. The van der Waals surface area contributed by atoms with E-state index in [0.717, 1.165) is 56.9 Å². The number of rotatable bonds is 8. The molecule has 4 rings (SSSR count). The molecule has 1 amide bonds. The minimum absolute atomic E-state index is 0.0846. The van der Waals surface area contributed by atoms with Gasteiger partial charge < -0.3 is 15.0 Å². The molecule has 10 heteroatoms. The molecule has 1 N–H and O–H groups in total. The molecule has 0 aliphatic carbocycles. The van der Waals surface area contributed by atoms with Crippen molar-refractivity contribution in [2.75, 3.05) is 39.3 Å². The second-order valence-corrected chi connectivity index (χ2v) is 9.84. The number of benzene rings is 1. The Bertz CT molecular complexity index is 1080. The van der Waals surface area contributed by atoms with Crippen LogP contribution in [0.1, 0.15) is 71.5 Å². The number of ether oxygens (including phenoxy) is 1. The summed E-state index contributed by atoms with van der Waals surface area (Å²) in [5.74, 6) is -0.628. The number of alkyl halides is 3. The Kier molecular flexibility index (Phi) is 8.69. The fourth-order valence-corrected chi connectivity index (χ4v) is 5.43. The third kappa shape index (κ3) is 6.23. The number of aromatic nitrogens is 2. The van der Waals surface area contributed by atoms with E-state index in [2.05, 4.69) is 53.1 Å². The van der Waals surface area contributed by atoms with Crippen LogP contribution in [0, 0.1) is 13.8 Å². The minimum Gasteiger partial charge on any atom is -0.493 e. The van der Waals surface area contributed by atoms with E-state index in [1.165, 1.54) is 16.7 Å². The van der Waals surface area contributed by atoms with E-state index in [4.69, 9.17) is 4.74 Å². The van der Waals surface area contributed by atoms with Crippen molar-refractivity contribution in [1.82, 2.24) is 25.1 Å².